The Balaban J connectivity index is 3.24. The zero-order valence-corrected chi connectivity index (χ0v) is 10.9. The molecule has 3 nitrogen and oxygen atoms in total. The minimum absolute atomic E-state index is 0.203. The van der Waals surface area contributed by atoms with Gasteiger partial charge in [-0.05, 0) is 45.1 Å². The van der Waals surface area contributed by atoms with Gasteiger partial charge in [0.25, 0.3) is 0 Å². The van der Waals surface area contributed by atoms with E-state index in [0.717, 1.165) is 11.3 Å². The average molecular weight is 222 g/mol. The molecule has 0 fully saturated rings. The predicted molar refractivity (Wildman–Crippen MR) is 68.0 cm³/mol. The molecule has 0 bridgehead atoms. The maximum atomic E-state index is 5.82. The normalized spacial score (nSPS) is 12.9. The third-order valence-electron chi connectivity index (χ3n) is 3.05. The zero-order chi connectivity index (χ0) is 12.3. The SMILES string of the molecule is COc1cc(C)c(C)cc1C(CN)N(C)C. The summed E-state index contributed by atoms with van der Waals surface area (Å²) in [5.41, 5.74) is 9.50. The Kier molecular flexibility index (Phi) is 4.33. The van der Waals surface area contributed by atoms with Gasteiger partial charge in [0.15, 0.2) is 0 Å². The Morgan fingerprint density at radius 3 is 2.25 bits per heavy atom. The number of ether oxygens (including phenoxy) is 1. The maximum absolute atomic E-state index is 5.82. The van der Waals surface area contributed by atoms with Gasteiger partial charge in [-0.1, -0.05) is 6.07 Å². The van der Waals surface area contributed by atoms with E-state index in [9.17, 15) is 0 Å². The van der Waals surface area contributed by atoms with Crippen LogP contribution in [0.4, 0.5) is 0 Å². The lowest BCUT2D eigenvalue weighted by Crippen LogP contribution is -2.27. The second-order valence-electron chi connectivity index (χ2n) is 4.39. The number of rotatable bonds is 4. The van der Waals surface area contributed by atoms with Crippen LogP contribution >= 0.6 is 0 Å². The topological polar surface area (TPSA) is 38.5 Å². The number of aryl methyl sites for hydroxylation is 2. The highest BCUT2D eigenvalue weighted by atomic mass is 16.5. The van der Waals surface area contributed by atoms with Gasteiger partial charge in [0, 0.05) is 12.1 Å². The summed E-state index contributed by atoms with van der Waals surface area (Å²) in [6.45, 7) is 4.79. The van der Waals surface area contributed by atoms with Crippen LogP contribution in [0.2, 0.25) is 0 Å². The van der Waals surface area contributed by atoms with Crippen molar-refractivity contribution in [3.63, 3.8) is 0 Å². The summed E-state index contributed by atoms with van der Waals surface area (Å²) in [6, 6.07) is 4.46. The molecule has 0 aliphatic rings. The minimum Gasteiger partial charge on any atom is -0.496 e. The second kappa shape index (κ2) is 5.32. The van der Waals surface area contributed by atoms with E-state index in [1.165, 1.54) is 11.1 Å². The fourth-order valence-corrected chi connectivity index (χ4v) is 1.87. The average Bonchev–Trinajstić information content (AvgIpc) is 2.23. The largest absolute Gasteiger partial charge is 0.496 e. The summed E-state index contributed by atoms with van der Waals surface area (Å²) in [4.78, 5) is 2.12. The van der Waals surface area contributed by atoms with Gasteiger partial charge in [-0.15, -0.1) is 0 Å². The van der Waals surface area contributed by atoms with Crippen LogP contribution < -0.4 is 10.5 Å². The number of benzene rings is 1. The van der Waals surface area contributed by atoms with E-state index >= 15 is 0 Å². The molecule has 0 radical (unpaired) electrons. The summed E-state index contributed by atoms with van der Waals surface area (Å²) in [6.07, 6.45) is 0. The minimum atomic E-state index is 0.203. The highest BCUT2D eigenvalue weighted by Gasteiger charge is 2.17. The van der Waals surface area contributed by atoms with Crippen molar-refractivity contribution in [2.45, 2.75) is 19.9 Å². The second-order valence-corrected chi connectivity index (χ2v) is 4.39. The van der Waals surface area contributed by atoms with E-state index in [4.69, 9.17) is 10.5 Å². The number of hydrogen-bond donors (Lipinski definition) is 1. The van der Waals surface area contributed by atoms with Gasteiger partial charge < -0.3 is 15.4 Å². The van der Waals surface area contributed by atoms with Gasteiger partial charge in [0.1, 0.15) is 5.75 Å². The van der Waals surface area contributed by atoms with Crippen LogP contribution in [0.15, 0.2) is 12.1 Å². The molecule has 90 valence electrons. The first-order valence-electron chi connectivity index (χ1n) is 5.52. The Morgan fingerprint density at radius 2 is 1.81 bits per heavy atom. The highest BCUT2D eigenvalue weighted by molar-refractivity contribution is 5.43. The lowest BCUT2D eigenvalue weighted by atomic mass is 9.99. The lowest BCUT2D eigenvalue weighted by Gasteiger charge is -2.25. The number of nitrogens with zero attached hydrogens (tertiary/aromatic N) is 1. The Hall–Kier alpha value is -1.06. The van der Waals surface area contributed by atoms with E-state index in [0.29, 0.717) is 6.54 Å². The van der Waals surface area contributed by atoms with Crippen molar-refractivity contribution in [1.29, 1.82) is 0 Å². The lowest BCUT2D eigenvalue weighted by molar-refractivity contribution is 0.294. The van der Waals surface area contributed by atoms with Crippen LogP contribution in [0.25, 0.3) is 0 Å². The van der Waals surface area contributed by atoms with Gasteiger partial charge in [-0.3, -0.25) is 0 Å². The molecule has 0 heterocycles. The van der Waals surface area contributed by atoms with E-state index in [-0.39, 0.29) is 6.04 Å². The molecule has 0 amide bonds. The molecule has 0 aromatic heterocycles. The van der Waals surface area contributed by atoms with Crippen LogP contribution in [0, 0.1) is 13.8 Å². The van der Waals surface area contributed by atoms with Crippen LogP contribution in [0.3, 0.4) is 0 Å². The molecule has 1 aromatic carbocycles. The number of likely N-dealkylation sites (N-methyl/N-ethyl adjacent to an activating group) is 1. The first-order chi connectivity index (χ1) is 7.51. The van der Waals surface area contributed by atoms with Gasteiger partial charge in [0.05, 0.1) is 13.2 Å². The molecular weight excluding hydrogens is 200 g/mol. The molecular formula is C13H22N2O. The van der Waals surface area contributed by atoms with Crippen LogP contribution in [0.1, 0.15) is 22.7 Å². The predicted octanol–water partition coefficient (Wildman–Crippen LogP) is 1.87. The molecule has 2 N–H and O–H groups in total. The van der Waals surface area contributed by atoms with Gasteiger partial charge in [-0.25, -0.2) is 0 Å². The zero-order valence-electron chi connectivity index (χ0n) is 10.9. The number of nitrogens with two attached hydrogens (primary N) is 1. The summed E-state index contributed by atoms with van der Waals surface area (Å²) in [5, 5.41) is 0. The molecule has 0 saturated carbocycles. The van der Waals surface area contributed by atoms with Gasteiger partial charge in [-0.2, -0.15) is 0 Å². The molecule has 1 unspecified atom stereocenters. The number of methoxy groups -OCH3 is 1. The Bertz CT molecular complexity index is 361. The van der Waals surface area contributed by atoms with E-state index in [1.54, 1.807) is 7.11 Å². The highest BCUT2D eigenvalue weighted by Crippen LogP contribution is 2.30. The Labute approximate surface area is 98.2 Å². The van der Waals surface area contributed by atoms with E-state index in [2.05, 4.69) is 30.9 Å². The van der Waals surface area contributed by atoms with Crippen LogP contribution in [0.5, 0.6) is 5.75 Å². The summed E-state index contributed by atoms with van der Waals surface area (Å²) in [7, 11) is 5.77. The standard InChI is InChI=1S/C13H22N2O/c1-9-6-11(12(8-14)15(3)4)13(16-5)7-10(9)2/h6-7,12H,8,14H2,1-5H3. The van der Waals surface area contributed by atoms with Crippen molar-refractivity contribution in [2.24, 2.45) is 5.73 Å². The van der Waals surface area contributed by atoms with Crippen molar-refractivity contribution < 1.29 is 4.74 Å². The third kappa shape index (κ3) is 2.54. The molecule has 1 aromatic rings. The number of hydrogen-bond acceptors (Lipinski definition) is 3. The van der Waals surface area contributed by atoms with Crippen molar-refractivity contribution in [1.82, 2.24) is 4.90 Å². The molecule has 0 aliphatic heterocycles. The van der Waals surface area contributed by atoms with Gasteiger partial charge >= 0.3 is 0 Å². The van der Waals surface area contributed by atoms with Crippen molar-refractivity contribution in [2.75, 3.05) is 27.7 Å². The first kappa shape index (κ1) is 13.0. The first-order valence-corrected chi connectivity index (χ1v) is 5.52. The quantitative estimate of drug-likeness (QED) is 0.845. The molecule has 1 atom stereocenters. The van der Waals surface area contributed by atoms with Gasteiger partial charge in [0.2, 0.25) is 0 Å². The van der Waals surface area contributed by atoms with Crippen LogP contribution in [-0.4, -0.2) is 32.6 Å². The molecule has 3 heteroatoms. The summed E-state index contributed by atoms with van der Waals surface area (Å²) in [5.74, 6) is 0.923. The molecule has 0 aliphatic carbocycles. The summed E-state index contributed by atoms with van der Waals surface area (Å²) >= 11 is 0. The van der Waals surface area contributed by atoms with Crippen molar-refractivity contribution >= 4 is 0 Å². The van der Waals surface area contributed by atoms with Crippen molar-refractivity contribution in [3.05, 3.63) is 28.8 Å². The Morgan fingerprint density at radius 1 is 1.25 bits per heavy atom. The third-order valence-corrected chi connectivity index (χ3v) is 3.05. The molecule has 0 saturated heterocycles. The molecule has 0 spiro atoms. The summed E-state index contributed by atoms with van der Waals surface area (Å²) < 4.78 is 5.43. The fraction of sp³-hybridized carbons (Fsp3) is 0.538. The molecule has 16 heavy (non-hydrogen) atoms. The maximum Gasteiger partial charge on any atom is 0.123 e. The molecule has 1 rings (SSSR count). The fourth-order valence-electron chi connectivity index (χ4n) is 1.87. The van der Waals surface area contributed by atoms with Crippen LogP contribution in [-0.2, 0) is 0 Å². The van der Waals surface area contributed by atoms with E-state index < -0.39 is 0 Å². The smallest absolute Gasteiger partial charge is 0.123 e. The van der Waals surface area contributed by atoms with Crippen molar-refractivity contribution in [3.8, 4) is 5.75 Å². The van der Waals surface area contributed by atoms with E-state index in [1.807, 2.05) is 14.1 Å². The monoisotopic (exact) mass is 222 g/mol.